The van der Waals surface area contributed by atoms with Gasteiger partial charge in [0.2, 0.25) is 5.91 Å². The van der Waals surface area contributed by atoms with E-state index < -0.39 is 17.7 Å². The van der Waals surface area contributed by atoms with Crippen LogP contribution in [0.4, 0.5) is 0 Å². The normalized spacial score (nSPS) is 20.9. The van der Waals surface area contributed by atoms with Crippen LogP contribution in [0.2, 0.25) is 5.02 Å². The number of aliphatic hydroxyl groups is 1. The molecular formula is C28H35ClN2O4. The first-order valence-corrected chi connectivity index (χ1v) is 13.1. The number of carbonyl (C=O) groups is 1. The lowest BCUT2D eigenvalue weighted by Gasteiger charge is -2.34. The van der Waals surface area contributed by atoms with Crippen LogP contribution in [0.1, 0.15) is 55.9 Å². The number of nitrogens with one attached hydrogen (secondary N) is 1. The summed E-state index contributed by atoms with van der Waals surface area (Å²) < 4.78 is 11.9. The van der Waals surface area contributed by atoms with Crippen LogP contribution in [0, 0.1) is 5.92 Å². The maximum Gasteiger partial charge on any atom is 0.220 e. The van der Waals surface area contributed by atoms with Gasteiger partial charge < -0.3 is 24.8 Å². The van der Waals surface area contributed by atoms with E-state index >= 15 is 0 Å². The molecule has 7 heteroatoms. The van der Waals surface area contributed by atoms with Crippen molar-refractivity contribution in [2.24, 2.45) is 5.92 Å². The zero-order valence-corrected chi connectivity index (χ0v) is 21.3. The Morgan fingerprint density at radius 2 is 1.89 bits per heavy atom. The van der Waals surface area contributed by atoms with Gasteiger partial charge in [0.05, 0.1) is 11.1 Å². The summed E-state index contributed by atoms with van der Waals surface area (Å²) in [6.45, 7) is 6.84. The summed E-state index contributed by atoms with van der Waals surface area (Å²) in [6.07, 6.45) is 3.68. The quantitative estimate of drug-likeness (QED) is 0.595. The fraction of sp³-hybridized carbons (Fsp3) is 0.536. The van der Waals surface area contributed by atoms with Crippen LogP contribution in [0.25, 0.3) is 0 Å². The average molecular weight is 499 g/mol. The van der Waals surface area contributed by atoms with Crippen molar-refractivity contribution in [3.8, 4) is 11.5 Å². The van der Waals surface area contributed by atoms with E-state index in [0.717, 1.165) is 38.8 Å². The molecule has 2 aromatic carbocycles. The van der Waals surface area contributed by atoms with E-state index in [1.54, 1.807) is 12.1 Å². The molecule has 0 saturated carbocycles. The molecule has 1 aliphatic carbocycles. The van der Waals surface area contributed by atoms with Gasteiger partial charge in [-0.05, 0) is 87.4 Å². The van der Waals surface area contributed by atoms with Gasteiger partial charge in [-0.25, -0.2) is 0 Å². The molecule has 5 rings (SSSR count). The third kappa shape index (κ3) is 5.60. The molecular weight excluding hydrogens is 464 g/mol. The largest absolute Gasteiger partial charge is 0.485 e. The lowest BCUT2D eigenvalue weighted by Crippen LogP contribution is -2.47. The molecule has 2 N–H and O–H groups in total. The van der Waals surface area contributed by atoms with Gasteiger partial charge in [-0.15, -0.1) is 0 Å². The molecule has 188 valence electrons. The first-order valence-electron chi connectivity index (χ1n) is 12.7. The number of amides is 1. The molecule has 35 heavy (non-hydrogen) atoms. The maximum atomic E-state index is 13.1. The van der Waals surface area contributed by atoms with Crippen LogP contribution < -0.4 is 14.8 Å². The Labute approximate surface area is 212 Å². The number of nitrogens with zero attached hydrogens (tertiary/aromatic N) is 1. The molecule has 3 aliphatic rings. The smallest absolute Gasteiger partial charge is 0.220 e. The fourth-order valence-electron chi connectivity index (χ4n) is 5.54. The molecule has 1 saturated heterocycles. The van der Waals surface area contributed by atoms with Gasteiger partial charge in [0.15, 0.2) is 11.5 Å². The summed E-state index contributed by atoms with van der Waals surface area (Å²) in [5.74, 6) is 1.31. The molecule has 6 nitrogen and oxygen atoms in total. The standard InChI is InChI=1S/C28H35ClN2O4/c1-28(2)17-34-24-15-21(14-22(29)27(24)35-28)26(33)23(16-31-9-5-6-10-31)30-25(32)13-18-11-19-7-3-4-8-20(19)12-18/h3-4,7-8,14-15,18,23,26,33H,5-6,9-13,16-17H2,1-2H3,(H,30,32)/t23-,26-/m1/s1. The van der Waals surface area contributed by atoms with E-state index in [4.69, 9.17) is 21.1 Å². The van der Waals surface area contributed by atoms with E-state index in [9.17, 15) is 9.90 Å². The Hall–Kier alpha value is -2.28. The minimum atomic E-state index is -0.915. The zero-order valence-electron chi connectivity index (χ0n) is 20.6. The van der Waals surface area contributed by atoms with Crippen LogP contribution in [-0.4, -0.2) is 53.8 Å². The summed E-state index contributed by atoms with van der Waals surface area (Å²) in [4.78, 5) is 15.4. The fourth-order valence-corrected chi connectivity index (χ4v) is 5.80. The maximum absolute atomic E-state index is 13.1. The summed E-state index contributed by atoms with van der Waals surface area (Å²) in [6, 6.07) is 11.5. The van der Waals surface area contributed by atoms with Crippen LogP contribution in [0.3, 0.4) is 0 Å². The van der Waals surface area contributed by atoms with Gasteiger partial charge in [-0.2, -0.15) is 0 Å². The molecule has 0 bridgehead atoms. The van der Waals surface area contributed by atoms with E-state index in [1.807, 2.05) is 13.8 Å². The van der Waals surface area contributed by atoms with Crippen molar-refractivity contribution < 1.29 is 19.4 Å². The van der Waals surface area contributed by atoms with Crippen molar-refractivity contribution in [3.63, 3.8) is 0 Å². The van der Waals surface area contributed by atoms with E-state index in [0.29, 0.717) is 47.6 Å². The SMILES string of the molecule is CC1(C)COc2cc([C@@H](O)[C@@H](CN3CCCC3)NC(=O)CC3Cc4ccccc4C3)cc(Cl)c2O1. The highest BCUT2D eigenvalue weighted by Crippen LogP contribution is 2.43. The number of halogens is 1. The average Bonchev–Trinajstić information content (AvgIpc) is 3.47. The Balaban J connectivity index is 1.30. The van der Waals surface area contributed by atoms with Crippen molar-refractivity contribution in [2.75, 3.05) is 26.2 Å². The highest BCUT2D eigenvalue weighted by atomic mass is 35.5. The molecule has 1 amide bonds. The van der Waals surface area contributed by atoms with Gasteiger partial charge in [0, 0.05) is 13.0 Å². The summed E-state index contributed by atoms with van der Waals surface area (Å²) in [7, 11) is 0. The first kappa shape index (κ1) is 24.4. The van der Waals surface area contributed by atoms with Crippen LogP contribution in [0.15, 0.2) is 36.4 Å². The summed E-state index contributed by atoms with van der Waals surface area (Å²) in [5.41, 5.74) is 2.83. The molecule has 0 radical (unpaired) electrons. The number of ether oxygens (including phenoxy) is 2. The number of carbonyl (C=O) groups excluding carboxylic acids is 1. The number of rotatable bonds is 7. The van der Waals surface area contributed by atoms with Crippen molar-refractivity contribution >= 4 is 17.5 Å². The van der Waals surface area contributed by atoms with Crippen molar-refractivity contribution in [1.82, 2.24) is 10.2 Å². The van der Waals surface area contributed by atoms with Crippen LogP contribution >= 0.6 is 11.6 Å². The van der Waals surface area contributed by atoms with E-state index in [2.05, 4.69) is 34.5 Å². The van der Waals surface area contributed by atoms with Crippen molar-refractivity contribution in [2.45, 2.75) is 63.7 Å². The number of aliphatic hydroxyl groups excluding tert-OH is 1. The van der Waals surface area contributed by atoms with Gasteiger partial charge in [0.25, 0.3) is 0 Å². The molecule has 0 unspecified atom stereocenters. The third-order valence-electron chi connectivity index (χ3n) is 7.32. The van der Waals surface area contributed by atoms with E-state index in [-0.39, 0.29) is 5.91 Å². The van der Waals surface area contributed by atoms with Gasteiger partial charge in [-0.1, -0.05) is 35.9 Å². The van der Waals surface area contributed by atoms with Crippen molar-refractivity contribution in [3.05, 3.63) is 58.1 Å². The second kappa shape index (κ2) is 10.00. The Kier molecular flexibility index (Phi) is 6.97. The summed E-state index contributed by atoms with van der Waals surface area (Å²) >= 11 is 6.54. The lowest BCUT2D eigenvalue weighted by molar-refractivity contribution is -0.123. The highest BCUT2D eigenvalue weighted by molar-refractivity contribution is 6.32. The number of hydrogen-bond acceptors (Lipinski definition) is 5. The molecule has 2 aromatic rings. The van der Waals surface area contributed by atoms with Gasteiger partial charge in [0.1, 0.15) is 18.3 Å². The van der Waals surface area contributed by atoms with Crippen LogP contribution in [-0.2, 0) is 17.6 Å². The van der Waals surface area contributed by atoms with Gasteiger partial charge >= 0.3 is 0 Å². The third-order valence-corrected chi connectivity index (χ3v) is 7.60. The predicted molar refractivity (Wildman–Crippen MR) is 136 cm³/mol. The van der Waals surface area contributed by atoms with Crippen LogP contribution in [0.5, 0.6) is 11.5 Å². The first-order chi connectivity index (χ1) is 16.8. The molecule has 2 atom stereocenters. The lowest BCUT2D eigenvalue weighted by atomic mass is 9.98. The summed E-state index contributed by atoms with van der Waals surface area (Å²) in [5, 5.41) is 15.0. The molecule has 0 aromatic heterocycles. The topological polar surface area (TPSA) is 71.0 Å². The number of fused-ring (bicyclic) bond motifs is 2. The molecule has 1 fully saturated rings. The Bertz CT molecular complexity index is 1060. The monoisotopic (exact) mass is 498 g/mol. The number of benzene rings is 2. The Morgan fingerprint density at radius 1 is 1.20 bits per heavy atom. The Morgan fingerprint density at radius 3 is 2.57 bits per heavy atom. The molecule has 0 spiro atoms. The molecule has 2 heterocycles. The minimum absolute atomic E-state index is 0.0172. The minimum Gasteiger partial charge on any atom is -0.485 e. The number of hydrogen-bond donors (Lipinski definition) is 2. The second-order valence-corrected chi connectivity index (χ2v) is 11.3. The highest BCUT2D eigenvalue weighted by Gasteiger charge is 2.33. The number of likely N-dealkylation sites (tertiary alicyclic amines) is 1. The van der Waals surface area contributed by atoms with E-state index in [1.165, 1.54) is 11.1 Å². The second-order valence-electron chi connectivity index (χ2n) is 10.9. The zero-order chi connectivity index (χ0) is 24.6. The molecule has 2 aliphatic heterocycles. The van der Waals surface area contributed by atoms with Crippen molar-refractivity contribution in [1.29, 1.82) is 0 Å². The predicted octanol–water partition coefficient (Wildman–Crippen LogP) is 4.31. The van der Waals surface area contributed by atoms with Gasteiger partial charge in [-0.3, -0.25) is 4.79 Å².